The molecule has 0 spiro atoms. The summed E-state index contributed by atoms with van der Waals surface area (Å²) in [5.41, 5.74) is 3.01. The lowest BCUT2D eigenvalue weighted by Gasteiger charge is -2.37. The molecule has 2 aliphatic rings. The number of carboxylic acids is 1. The molecule has 2 saturated heterocycles. The molecule has 3 rings (SSSR count). The molecule has 2 aliphatic heterocycles. The van der Waals surface area contributed by atoms with Gasteiger partial charge >= 0.3 is 18.2 Å². The zero-order valence-electron chi connectivity index (χ0n) is 18.1. The Morgan fingerprint density at radius 3 is 2.53 bits per heavy atom. The van der Waals surface area contributed by atoms with Crippen molar-refractivity contribution in [3.8, 4) is 0 Å². The Kier molecular flexibility index (Phi) is 7.50. The number of anilines is 1. The van der Waals surface area contributed by atoms with Gasteiger partial charge in [-0.15, -0.1) is 0 Å². The smallest absolute Gasteiger partial charge is 0.425 e. The first-order valence-corrected chi connectivity index (χ1v) is 10.5. The third-order valence-electron chi connectivity index (χ3n) is 5.69. The Hall–Kier alpha value is -2.53. The van der Waals surface area contributed by atoms with Gasteiger partial charge in [-0.3, -0.25) is 4.90 Å². The molecule has 1 amide bonds. The zero-order chi connectivity index (χ0) is 23.5. The highest BCUT2D eigenvalue weighted by Gasteiger charge is 2.40. The summed E-state index contributed by atoms with van der Waals surface area (Å²) in [5, 5.41) is 9.29. The van der Waals surface area contributed by atoms with Gasteiger partial charge in [-0.05, 0) is 31.0 Å². The number of amides is 1. The van der Waals surface area contributed by atoms with Crippen LogP contribution < -0.4 is 4.90 Å². The molecule has 0 saturated carbocycles. The van der Waals surface area contributed by atoms with Crippen LogP contribution >= 0.6 is 0 Å². The van der Waals surface area contributed by atoms with E-state index in [1.54, 1.807) is 0 Å². The molecule has 0 bridgehead atoms. The number of piperazine rings is 1. The molecular formula is C21H28F3N3O5. The SMILES string of the molecule is Cc1ccc(CN2CCN(C(=O)OC(C)C(F)(F)F)CC2)c(N2CCOC(C(=O)O)C2)c1. The Morgan fingerprint density at radius 1 is 1.22 bits per heavy atom. The van der Waals surface area contributed by atoms with E-state index in [4.69, 9.17) is 4.74 Å². The minimum Gasteiger partial charge on any atom is -0.479 e. The Labute approximate surface area is 184 Å². The van der Waals surface area contributed by atoms with Gasteiger partial charge < -0.3 is 24.4 Å². The van der Waals surface area contributed by atoms with Gasteiger partial charge in [0.15, 0.2) is 12.2 Å². The second-order valence-electron chi connectivity index (χ2n) is 8.11. The number of benzene rings is 1. The van der Waals surface area contributed by atoms with Crippen LogP contribution in [0.1, 0.15) is 18.1 Å². The van der Waals surface area contributed by atoms with Crippen molar-refractivity contribution in [1.82, 2.24) is 9.80 Å². The summed E-state index contributed by atoms with van der Waals surface area (Å²) in [4.78, 5) is 28.8. The van der Waals surface area contributed by atoms with E-state index in [0.717, 1.165) is 23.7 Å². The van der Waals surface area contributed by atoms with E-state index >= 15 is 0 Å². The predicted octanol–water partition coefficient (Wildman–Crippen LogP) is 2.49. The highest BCUT2D eigenvalue weighted by Crippen LogP contribution is 2.27. The number of ether oxygens (including phenoxy) is 2. The van der Waals surface area contributed by atoms with E-state index in [1.807, 2.05) is 30.0 Å². The highest BCUT2D eigenvalue weighted by molar-refractivity contribution is 5.74. The minimum absolute atomic E-state index is 0.253. The number of carbonyl (C=O) groups excluding carboxylic acids is 1. The van der Waals surface area contributed by atoms with Crippen LogP contribution in [0.5, 0.6) is 0 Å². The van der Waals surface area contributed by atoms with Crippen molar-refractivity contribution in [1.29, 1.82) is 0 Å². The summed E-state index contributed by atoms with van der Waals surface area (Å²) in [5.74, 6) is -0.994. The first kappa shape index (κ1) is 24.1. The lowest BCUT2D eigenvalue weighted by Crippen LogP contribution is -2.50. The lowest BCUT2D eigenvalue weighted by molar-refractivity contribution is -0.200. The summed E-state index contributed by atoms with van der Waals surface area (Å²) < 4.78 is 47.7. The Bertz CT molecular complexity index is 827. The van der Waals surface area contributed by atoms with E-state index in [-0.39, 0.29) is 19.6 Å². The summed E-state index contributed by atoms with van der Waals surface area (Å²) in [7, 11) is 0. The largest absolute Gasteiger partial charge is 0.479 e. The van der Waals surface area contributed by atoms with E-state index in [1.165, 1.54) is 4.90 Å². The molecule has 1 aromatic rings. The summed E-state index contributed by atoms with van der Waals surface area (Å²) in [6.07, 6.45) is -8.58. The van der Waals surface area contributed by atoms with E-state index in [0.29, 0.717) is 32.8 Å². The van der Waals surface area contributed by atoms with Crippen molar-refractivity contribution >= 4 is 17.7 Å². The van der Waals surface area contributed by atoms with Crippen LogP contribution in [0.4, 0.5) is 23.7 Å². The van der Waals surface area contributed by atoms with Gasteiger partial charge in [-0.25, -0.2) is 9.59 Å². The number of aryl methyl sites for hydroxylation is 1. The van der Waals surface area contributed by atoms with E-state index < -0.39 is 30.4 Å². The number of hydrogen-bond acceptors (Lipinski definition) is 6. The van der Waals surface area contributed by atoms with Gasteiger partial charge in [0.25, 0.3) is 0 Å². The van der Waals surface area contributed by atoms with Crippen LogP contribution in [0.3, 0.4) is 0 Å². The van der Waals surface area contributed by atoms with E-state index in [9.17, 15) is 27.9 Å². The van der Waals surface area contributed by atoms with Crippen molar-refractivity contribution in [2.45, 2.75) is 38.8 Å². The van der Waals surface area contributed by atoms with Crippen LogP contribution in [0.25, 0.3) is 0 Å². The molecule has 8 nitrogen and oxygen atoms in total. The molecule has 32 heavy (non-hydrogen) atoms. The fourth-order valence-electron chi connectivity index (χ4n) is 3.74. The molecule has 0 radical (unpaired) electrons. The number of aliphatic carboxylic acids is 1. The number of rotatable bonds is 5. The summed E-state index contributed by atoms with van der Waals surface area (Å²) in [6.45, 7) is 6.02. The second-order valence-corrected chi connectivity index (χ2v) is 8.11. The first-order valence-electron chi connectivity index (χ1n) is 10.5. The Balaban J connectivity index is 1.61. The molecule has 1 aromatic carbocycles. The van der Waals surface area contributed by atoms with Crippen LogP contribution in [-0.2, 0) is 20.8 Å². The molecule has 1 N–H and O–H groups in total. The predicted molar refractivity (Wildman–Crippen MR) is 110 cm³/mol. The van der Waals surface area contributed by atoms with E-state index in [2.05, 4.69) is 9.64 Å². The zero-order valence-corrected chi connectivity index (χ0v) is 18.1. The highest BCUT2D eigenvalue weighted by atomic mass is 19.4. The number of carbonyl (C=O) groups is 2. The van der Waals surface area contributed by atoms with Crippen molar-refractivity contribution in [3.63, 3.8) is 0 Å². The first-order chi connectivity index (χ1) is 15.0. The molecule has 178 valence electrons. The Morgan fingerprint density at radius 2 is 1.91 bits per heavy atom. The average molecular weight is 459 g/mol. The van der Waals surface area contributed by atoms with Gasteiger partial charge in [0.2, 0.25) is 0 Å². The van der Waals surface area contributed by atoms with Gasteiger partial charge in [0.05, 0.1) is 13.2 Å². The van der Waals surface area contributed by atoms with Crippen molar-refractivity contribution in [3.05, 3.63) is 29.3 Å². The maximum atomic E-state index is 12.6. The van der Waals surface area contributed by atoms with Crippen molar-refractivity contribution < 1.29 is 37.3 Å². The number of alkyl halides is 3. The van der Waals surface area contributed by atoms with Gasteiger partial charge in [-0.1, -0.05) is 12.1 Å². The molecule has 2 unspecified atom stereocenters. The molecule has 2 heterocycles. The van der Waals surface area contributed by atoms with Crippen LogP contribution in [0.15, 0.2) is 18.2 Å². The number of nitrogens with zero attached hydrogens (tertiary/aromatic N) is 3. The standard InChI is InChI=1S/C21H28F3N3O5/c1-14-3-4-16(17(11-14)27-9-10-31-18(13-27)19(28)29)12-25-5-7-26(8-6-25)20(30)32-15(2)21(22,23)24/h3-4,11,15,18H,5-10,12-13H2,1-2H3,(H,28,29). The van der Waals surface area contributed by atoms with Crippen LogP contribution in [0.2, 0.25) is 0 Å². The van der Waals surface area contributed by atoms with Crippen molar-refractivity contribution in [2.75, 3.05) is 50.8 Å². The third-order valence-corrected chi connectivity index (χ3v) is 5.69. The minimum atomic E-state index is -4.58. The van der Waals surface area contributed by atoms with Crippen LogP contribution in [-0.4, -0.2) is 91.2 Å². The second kappa shape index (κ2) is 9.95. The maximum absolute atomic E-state index is 12.6. The lowest BCUT2D eigenvalue weighted by atomic mass is 10.1. The monoisotopic (exact) mass is 459 g/mol. The molecular weight excluding hydrogens is 431 g/mol. The molecule has 0 aromatic heterocycles. The molecule has 0 aliphatic carbocycles. The summed E-state index contributed by atoms with van der Waals surface area (Å²) >= 11 is 0. The van der Waals surface area contributed by atoms with Gasteiger partial charge in [0, 0.05) is 45.0 Å². The average Bonchev–Trinajstić information content (AvgIpc) is 2.74. The number of carboxylic acid groups (broad SMARTS) is 1. The number of halogens is 3. The van der Waals surface area contributed by atoms with Gasteiger partial charge in [0.1, 0.15) is 0 Å². The molecule has 2 atom stereocenters. The maximum Gasteiger partial charge on any atom is 0.425 e. The third kappa shape index (κ3) is 6.04. The van der Waals surface area contributed by atoms with Crippen LogP contribution in [0, 0.1) is 6.92 Å². The molecule has 11 heteroatoms. The number of hydrogen-bond donors (Lipinski definition) is 1. The topological polar surface area (TPSA) is 82.5 Å². The van der Waals surface area contributed by atoms with Gasteiger partial charge in [-0.2, -0.15) is 13.2 Å². The quantitative estimate of drug-likeness (QED) is 0.725. The van der Waals surface area contributed by atoms with Crippen molar-refractivity contribution in [2.24, 2.45) is 0 Å². The fourth-order valence-corrected chi connectivity index (χ4v) is 3.74. The molecule has 2 fully saturated rings. The fraction of sp³-hybridized carbons (Fsp3) is 0.619. The number of morpholine rings is 1. The summed E-state index contributed by atoms with van der Waals surface area (Å²) in [6, 6.07) is 6.01. The normalized spacial score (nSPS) is 21.3.